The van der Waals surface area contributed by atoms with Crippen molar-refractivity contribution in [2.24, 2.45) is 11.8 Å². The molecule has 2 N–H and O–H groups in total. The van der Waals surface area contributed by atoms with Crippen LogP contribution in [0, 0.1) is 11.8 Å². The van der Waals surface area contributed by atoms with E-state index in [-0.39, 0.29) is 11.8 Å². The summed E-state index contributed by atoms with van der Waals surface area (Å²) in [4.78, 5) is 11.7. The quantitative estimate of drug-likeness (QED) is 0.868. The van der Waals surface area contributed by atoms with Gasteiger partial charge in [-0.1, -0.05) is 0 Å². The highest BCUT2D eigenvalue weighted by Gasteiger charge is 2.29. The summed E-state index contributed by atoms with van der Waals surface area (Å²) < 4.78 is 5.36. The lowest BCUT2D eigenvalue weighted by molar-refractivity contribution is -0.117. The molecular formula is C16H22N2O2. The summed E-state index contributed by atoms with van der Waals surface area (Å²) >= 11 is 0. The van der Waals surface area contributed by atoms with Gasteiger partial charge in [-0.05, 0) is 55.9 Å². The first-order valence-corrected chi connectivity index (χ1v) is 7.54. The lowest BCUT2D eigenvalue weighted by Gasteiger charge is -2.22. The summed E-state index contributed by atoms with van der Waals surface area (Å²) in [6.45, 7) is 2.77. The van der Waals surface area contributed by atoms with Crippen LogP contribution in [0.3, 0.4) is 0 Å². The fraction of sp³-hybridized carbons (Fsp3) is 0.562. The Morgan fingerprint density at radius 1 is 1.05 bits per heavy atom. The van der Waals surface area contributed by atoms with Gasteiger partial charge in [-0.3, -0.25) is 4.79 Å². The second-order valence-corrected chi connectivity index (χ2v) is 5.78. The molecule has 1 amide bonds. The van der Waals surface area contributed by atoms with Crippen molar-refractivity contribution in [1.29, 1.82) is 0 Å². The van der Waals surface area contributed by atoms with Crippen LogP contribution in [0.2, 0.25) is 0 Å². The minimum atomic E-state index is 0.160. The molecule has 4 heteroatoms. The molecule has 0 atom stereocenters. The van der Waals surface area contributed by atoms with E-state index in [1.165, 1.54) is 0 Å². The Hall–Kier alpha value is -1.55. The van der Waals surface area contributed by atoms with E-state index in [2.05, 4.69) is 10.6 Å². The molecule has 1 saturated heterocycles. The highest BCUT2D eigenvalue weighted by Crippen LogP contribution is 2.30. The number of hydrogen-bond donors (Lipinski definition) is 2. The summed E-state index contributed by atoms with van der Waals surface area (Å²) in [6, 6.07) is 7.99. The summed E-state index contributed by atoms with van der Waals surface area (Å²) in [6.07, 6.45) is 4.36. The maximum absolute atomic E-state index is 11.7. The molecule has 1 saturated carbocycles. The topological polar surface area (TPSA) is 50.4 Å². The molecule has 1 heterocycles. The van der Waals surface area contributed by atoms with E-state index in [9.17, 15) is 4.79 Å². The highest BCUT2D eigenvalue weighted by molar-refractivity contribution is 5.94. The van der Waals surface area contributed by atoms with Crippen molar-refractivity contribution in [3.05, 3.63) is 24.3 Å². The first-order valence-electron chi connectivity index (χ1n) is 7.54. The zero-order chi connectivity index (χ0) is 13.8. The third-order valence-electron chi connectivity index (χ3n) is 4.04. The Morgan fingerprint density at radius 3 is 2.35 bits per heavy atom. The molecule has 0 bridgehead atoms. The van der Waals surface area contributed by atoms with Crippen LogP contribution in [0.25, 0.3) is 0 Å². The van der Waals surface area contributed by atoms with Gasteiger partial charge in [0.2, 0.25) is 5.91 Å². The van der Waals surface area contributed by atoms with E-state index < -0.39 is 0 Å². The van der Waals surface area contributed by atoms with Gasteiger partial charge in [0.25, 0.3) is 0 Å². The van der Waals surface area contributed by atoms with Crippen LogP contribution in [0.4, 0.5) is 11.4 Å². The van der Waals surface area contributed by atoms with E-state index in [0.29, 0.717) is 5.92 Å². The molecule has 0 spiro atoms. The maximum Gasteiger partial charge on any atom is 0.227 e. The van der Waals surface area contributed by atoms with Crippen LogP contribution >= 0.6 is 0 Å². The summed E-state index contributed by atoms with van der Waals surface area (Å²) in [5.74, 6) is 1.12. The van der Waals surface area contributed by atoms with E-state index in [1.54, 1.807) is 0 Å². The van der Waals surface area contributed by atoms with Crippen LogP contribution in [-0.2, 0) is 9.53 Å². The second-order valence-electron chi connectivity index (χ2n) is 5.78. The third kappa shape index (κ3) is 3.73. The SMILES string of the molecule is O=C(Nc1ccc(NCC2CCOCC2)cc1)C1CC1. The Morgan fingerprint density at radius 2 is 1.70 bits per heavy atom. The van der Waals surface area contributed by atoms with Crippen molar-refractivity contribution in [3.8, 4) is 0 Å². The monoisotopic (exact) mass is 274 g/mol. The van der Waals surface area contributed by atoms with Crippen LogP contribution < -0.4 is 10.6 Å². The molecule has 0 radical (unpaired) electrons. The second kappa shape index (κ2) is 6.27. The highest BCUT2D eigenvalue weighted by atomic mass is 16.5. The minimum absolute atomic E-state index is 0.160. The molecular weight excluding hydrogens is 252 g/mol. The molecule has 2 fully saturated rings. The van der Waals surface area contributed by atoms with Gasteiger partial charge < -0.3 is 15.4 Å². The first kappa shape index (κ1) is 13.4. The molecule has 20 heavy (non-hydrogen) atoms. The molecule has 1 aliphatic carbocycles. The minimum Gasteiger partial charge on any atom is -0.385 e. The normalized spacial score (nSPS) is 19.6. The van der Waals surface area contributed by atoms with E-state index >= 15 is 0 Å². The average Bonchev–Trinajstić information content (AvgIpc) is 3.32. The van der Waals surface area contributed by atoms with Gasteiger partial charge in [-0.25, -0.2) is 0 Å². The van der Waals surface area contributed by atoms with Crippen molar-refractivity contribution in [2.75, 3.05) is 30.4 Å². The number of rotatable bonds is 5. The van der Waals surface area contributed by atoms with Gasteiger partial charge in [-0.2, -0.15) is 0 Å². The molecule has 0 aromatic heterocycles. The number of ether oxygens (including phenoxy) is 1. The van der Waals surface area contributed by atoms with Crippen molar-refractivity contribution in [3.63, 3.8) is 0 Å². The molecule has 2 aliphatic rings. The summed E-state index contributed by atoms with van der Waals surface area (Å²) in [5, 5.41) is 6.42. The number of amides is 1. The first-order chi connectivity index (χ1) is 9.81. The Bertz CT molecular complexity index is 448. The molecule has 1 aliphatic heterocycles. The van der Waals surface area contributed by atoms with Crippen LogP contribution in [0.5, 0.6) is 0 Å². The Kier molecular flexibility index (Phi) is 4.21. The smallest absolute Gasteiger partial charge is 0.227 e. The van der Waals surface area contributed by atoms with Crippen LogP contribution in [-0.4, -0.2) is 25.7 Å². The molecule has 0 unspecified atom stereocenters. The fourth-order valence-corrected chi connectivity index (χ4v) is 2.47. The zero-order valence-electron chi connectivity index (χ0n) is 11.7. The summed E-state index contributed by atoms with van der Waals surface area (Å²) in [7, 11) is 0. The van der Waals surface area contributed by atoms with Gasteiger partial charge >= 0.3 is 0 Å². The molecule has 1 aromatic carbocycles. The predicted octanol–water partition coefficient (Wildman–Crippen LogP) is 2.87. The van der Waals surface area contributed by atoms with Gasteiger partial charge in [0.1, 0.15) is 0 Å². The van der Waals surface area contributed by atoms with Gasteiger partial charge in [0, 0.05) is 37.1 Å². The lowest BCUT2D eigenvalue weighted by Crippen LogP contribution is -2.22. The van der Waals surface area contributed by atoms with E-state index in [0.717, 1.165) is 56.8 Å². The van der Waals surface area contributed by atoms with E-state index in [4.69, 9.17) is 4.74 Å². The number of carbonyl (C=O) groups is 1. The molecule has 3 rings (SSSR count). The van der Waals surface area contributed by atoms with Crippen molar-refractivity contribution in [1.82, 2.24) is 0 Å². The maximum atomic E-state index is 11.7. The fourth-order valence-electron chi connectivity index (χ4n) is 2.47. The van der Waals surface area contributed by atoms with Gasteiger partial charge in [-0.15, -0.1) is 0 Å². The van der Waals surface area contributed by atoms with Crippen molar-refractivity contribution >= 4 is 17.3 Å². The molecule has 108 valence electrons. The molecule has 4 nitrogen and oxygen atoms in total. The van der Waals surface area contributed by atoms with Gasteiger partial charge in [0.15, 0.2) is 0 Å². The lowest BCUT2D eigenvalue weighted by atomic mass is 10.0. The van der Waals surface area contributed by atoms with Crippen molar-refractivity contribution < 1.29 is 9.53 Å². The van der Waals surface area contributed by atoms with Gasteiger partial charge in [0.05, 0.1) is 0 Å². The third-order valence-corrected chi connectivity index (χ3v) is 4.04. The van der Waals surface area contributed by atoms with Crippen LogP contribution in [0.1, 0.15) is 25.7 Å². The number of carbonyl (C=O) groups excluding carboxylic acids is 1. The number of anilines is 2. The summed E-state index contributed by atoms with van der Waals surface area (Å²) in [5.41, 5.74) is 2.00. The Labute approximate surface area is 119 Å². The number of hydrogen-bond acceptors (Lipinski definition) is 3. The largest absolute Gasteiger partial charge is 0.385 e. The van der Waals surface area contributed by atoms with E-state index in [1.807, 2.05) is 24.3 Å². The zero-order valence-corrected chi connectivity index (χ0v) is 11.7. The standard InChI is InChI=1S/C16H22N2O2/c19-16(13-1-2-13)18-15-5-3-14(4-6-15)17-11-12-7-9-20-10-8-12/h3-6,12-13,17H,1-2,7-11H2,(H,18,19). The number of benzene rings is 1. The Balaban J connectivity index is 1.46. The van der Waals surface area contributed by atoms with Crippen molar-refractivity contribution in [2.45, 2.75) is 25.7 Å². The number of nitrogens with one attached hydrogen (secondary N) is 2. The average molecular weight is 274 g/mol. The molecule has 1 aromatic rings. The van der Waals surface area contributed by atoms with Crippen LogP contribution in [0.15, 0.2) is 24.3 Å². The predicted molar refractivity (Wildman–Crippen MR) is 79.8 cm³/mol.